The van der Waals surface area contributed by atoms with Crippen LogP contribution in [0, 0.1) is 5.92 Å². The van der Waals surface area contributed by atoms with E-state index in [1.807, 2.05) is 31.2 Å². The molecule has 0 bridgehead atoms. The fraction of sp³-hybridized carbons (Fsp3) is 0.308. The number of nitrogens with one attached hydrogen (secondary N) is 1. The summed E-state index contributed by atoms with van der Waals surface area (Å²) in [4.78, 5) is 18.4. The van der Waals surface area contributed by atoms with Crippen LogP contribution in [-0.2, 0) is 24.1 Å². The topological polar surface area (TPSA) is 41.5 Å². The first-order chi connectivity index (χ1) is 14.9. The van der Waals surface area contributed by atoms with Crippen molar-refractivity contribution in [2.24, 2.45) is 10.9 Å². The molecule has 160 valence electrons. The maximum atomic E-state index is 12.5. The highest BCUT2D eigenvalue weighted by Crippen LogP contribution is 2.35. The van der Waals surface area contributed by atoms with Crippen LogP contribution in [0.25, 0.3) is 0 Å². The van der Waals surface area contributed by atoms with Crippen molar-refractivity contribution in [1.29, 1.82) is 0 Å². The van der Waals surface area contributed by atoms with Crippen LogP contribution in [0.3, 0.4) is 0 Å². The van der Waals surface area contributed by atoms with Gasteiger partial charge in [0.05, 0.1) is 5.71 Å². The average Bonchev–Trinajstić information content (AvgIpc) is 3.09. The molecule has 0 spiro atoms. The van der Waals surface area contributed by atoms with Gasteiger partial charge in [0, 0.05) is 21.0 Å². The number of hydrogen-bond donors (Lipinski definition) is 1. The largest absolute Gasteiger partial charge is 0.315 e. The van der Waals surface area contributed by atoms with E-state index in [2.05, 4.69) is 49.5 Å². The zero-order chi connectivity index (χ0) is 22.0. The molecule has 0 aliphatic carbocycles. The first-order valence-corrected chi connectivity index (χ1v) is 11.9. The highest BCUT2D eigenvalue weighted by atomic mass is 35.5. The molecule has 1 unspecified atom stereocenters. The molecule has 2 aromatic carbocycles. The molecule has 0 saturated carbocycles. The summed E-state index contributed by atoms with van der Waals surface area (Å²) in [6.45, 7) is 6.30. The number of carbonyl (C=O) groups is 1. The third kappa shape index (κ3) is 5.08. The van der Waals surface area contributed by atoms with E-state index in [9.17, 15) is 4.79 Å². The Bertz CT molecular complexity index is 1110. The second kappa shape index (κ2) is 9.37. The second-order valence-electron chi connectivity index (χ2n) is 8.49. The van der Waals surface area contributed by atoms with Gasteiger partial charge in [-0.2, -0.15) is 0 Å². The van der Waals surface area contributed by atoms with E-state index in [-0.39, 0.29) is 5.91 Å². The van der Waals surface area contributed by atoms with Crippen LogP contribution in [-0.4, -0.2) is 17.7 Å². The Kier molecular flexibility index (Phi) is 6.59. The van der Waals surface area contributed by atoms with Gasteiger partial charge in [-0.15, -0.1) is 11.3 Å². The highest BCUT2D eigenvalue weighted by Gasteiger charge is 2.26. The zero-order valence-electron chi connectivity index (χ0n) is 18.1. The van der Waals surface area contributed by atoms with Crippen molar-refractivity contribution < 1.29 is 4.79 Å². The summed E-state index contributed by atoms with van der Waals surface area (Å²) in [7, 11) is 0. The first kappa shape index (κ1) is 21.8. The zero-order valence-corrected chi connectivity index (χ0v) is 19.7. The van der Waals surface area contributed by atoms with E-state index in [0.717, 1.165) is 41.1 Å². The van der Waals surface area contributed by atoms with Gasteiger partial charge in [-0.25, -0.2) is 0 Å². The summed E-state index contributed by atoms with van der Waals surface area (Å²) in [5.74, 6) is 0.580. The predicted molar refractivity (Wildman–Crippen MR) is 132 cm³/mol. The number of carbonyl (C=O) groups excluding carboxylic acids is 1. The third-order valence-corrected chi connectivity index (χ3v) is 6.87. The van der Waals surface area contributed by atoms with Crippen molar-refractivity contribution in [3.05, 3.63) is 86.8 Å². The minimum absolute atomic E-state index is 0.0857. The Morgan fingerprint density at radius 2 is 1.74 bits per heavy atom. The summed E-state index contributed by atoms with van der Waals surface area (Å²) < 4.78 is 0. The summed E-state index contributed by atoms with van der Waals surface area (Å²) in [5, 5.41) is 4.56. The second-order valence-corrected chi connectivity index (χ2v) is 10.0. The van der Waals surface area contributed by atoms with Crippen LogP contribution in [0.2, 0.25) is 5.02 Å². The van der Waals surface area contributed by atoms with Gasteiger partial charge in [-0.3, -0.25) is 9.79 Å². The van der Waals surface area contributed by atoms with Crippen molar-refractivity contribution in [3.8, 4) is 0 Å². The molecule has 5 heteroatoms. The van der Waals surface area contributed by atoms with Crippen molar-refractivity contribution in [2.75, 3.05) is 5.32 Å². The molecule has 1 aromatic heterocycles. The van der Waals surface area contributed by atoms with E-state index < -0.39 is 6.04 Å². The lowest BCUT2D eigenvalue weighted by molar-refractivity contribution is -0.116. The highest BCUT2D eigenvalue weighted by molar-refractivity contribution is 7.16. The number of nitrogens with zero attached hydrogens (tertiary/aromatic N) is 1. The number of aryl methyl sites for hydroxylation is 2. The summed E-state index contributed by atoms with van der Waals surface area (Å²) >= 11 is 8.10. The maximum Gasteiger partial charge on any atom is 0.249 e. The molecule has 4 rings (SSSR count). The number of fused-ring (bicyclic) bond motifs is 1. The minimum Gasteiger partial charge on any atom is -0.315 e. The molecule has 1 amide bonds. The van der Waals surface area contributed by atoms with E-state index in [1.165, 1.54) is 16.0 Å². The molecular formula is C26H27ClN2OS. The van der Waals surface area contributed by atoms with Crippen LogP contribution in [0.1, 0.15) is 47.9 Å². The fourth-order valence-corrected chi connectivity index (χ4v) is 5.11. The average molecular weight is 451 g/mol. The van der Waals surface area contributed by atoms with Crippen LogP contribution in [0.4, 0.5) is 5.00 Å². The number of thiophene rings is 1. The van der Waals surface area contributed by atoms with Gasteiger partial charge < -0.3 is 5.32 Å². The van der Waals surface area contributed by atoms with Gasteiger partial charge in [0.25, 0.3) is 0 Å². The van der Waals surface area contributed by atoms with E-state index >= 15 is 0 Å². The smallest absolute Gasteiger partial charge is 0.249 e. The Morgan fingerprint density at radius 3 is 2.45 bits per heavy atom. The van der Waals surface area contributed by atoms with Crippen molar-refractivity contribution >= 4 is 39.6 Å². The van der Waals surface area contributed by atoms with Crippen LogP contribution in [0.5, 0.6) is 0 Å². The van der Waals surface area contributed by atoms with E-state index in [4.69, 9.17) is 16.6 Å². The van der Waals surface area contributed by atoms with Crippen molar-refractivity contribution in [3.63, 3.8) is 0 Å². The van der Waals surface area contributed by atoms with Gasteiger partial charge in [0.2, 0.25) is 5.91 Å². The molecule has 1 atom stereocenters. The molecule has 2 heterocycles. The normalized spacial score (nSPS) is 16.0. The number of anilines is 1. The van der Waals surface area contributed by atoms with Crippen molar-refractivity contribution in [2.45, 2.75) is 46.1 Å². The molecule has 1 aliphatic rings. The van der Waals surface area contributed by atoms with E-state index in [0.29, 0.717) is 10.9 Å². The summed E-state index contributed by atoms with van der Waals surface area (Å²) in [6, 6.07) is 18.3. The van der Waals surface area contributed by atoms with Gasteiger partial charge in [0.1, 0.15) is 11.0 Å². The molecule has 31 heavy (non-hydrogen) atoms. The minimum atomic E-state index is -0.460. The summed E-state index contributed by atoms with van der Waals surface area (Å²) in [5.41, 5.74) is 5.32. The SMILES string of the molecule is CC(C)Cc1ccc(CCc2cc3c(s2)NC(=O)C(C)N=C3c2ccccc2Cl)cc1. The maximum absolute atomic E-state index is 12.5. The Morgan fingerprint density at radius 1 is 1.03 bits per heavy atom. The quantitative estimate of drug-likeness (QED) is 0.453. The van der Waals surface area contributed by atoms with Crippen LogP contribution >= 0.6 is 22.9 Å². The lowest BCUT2D eigenvalue weighted by atomic mass is 10.00. The van der Waals surface area contributed by atoms with Crippen LogP contribution in [0.15, 0.2) is 59.6 Å². The molecular weight excluding hydrogens is 424 g/mol. The molecule has 1 aliphatic heterocycles. The lowest BCUT2D eigenvalue weighted by Crippen LogP contribution is -2.22. The number of rotatable bonds is 6. The number of hydrogen-bond acceptors (Lipinski definition) is 3. The molecule has 1 N–H and O–H groups in total. The number of amides is 1. The molecule has 0 radical (unpaired) electrons. The van der Waals surface area contributed by atoms with Gasteiger partial charge in [0.15, 0.2) is 0 Å². The molecule has 0 saturated heterocycles. The number of halogens is 1. The summed E-state index contributed by atoms with van der Waals surface area (Å²) in [6.07, 6.45) is 2.99. The van der Waals surface area contributed by atoms with Gasteiger partial charge in [-0.05, 0) is 55.4 Å². The van der Waals surface area contributed by atoms with E-state index in [1.54, 1.807) is 11.3 Å². The fourth-order valence-electron chi connectivity index (χ4n) is 3.82. The lowest BCUT2D eigenvalue weighted by Gasteiger charge is -2.08. The monoisotopic (exact) mass is 450 g/mol. The standard InChI is InChI=1S/C26H27ClN2OS/c1-16(2)14-19-10-8-18(9-11-19)12-13-20-15-22-24(21-6-4-5-7-23(21)27)28-17(3)25(30)29-26(22)31-20/h4-11,15-17H,12-14H2,1-3H3,(H,29,30). The number of benzene rings is 2. The Labute approximate surface area is 193 Å². The third-order valence-electron chi connectivity index (χ3n) is 5.43. The van der Waals surface area contributed by atoms with Crippen molar-refractivity contribution in [1.82, 2.24) is 0 Å². The molecule has 3 aromatic rings. The van der Waals surface area contributed by atoms with Crippen LogP contribution < -0.4 is 5.32 Å². The van der Waals surface area contributed by atoms with Gasteiger partial charge >= 0.3 is 0 Å². The number of aliphatic imine (C=N–C) groups is 1. The first-order valence-electron chi connectivity index (χ1n) is 10.7. The Balaban J connectivity index is 1.58. The molecule has 3 nitrogen and oxygen atoms in total. The Hall–Kier alpha value is -2.43. The van der Waals surface area contributed by atoms with Gasteiger partial charge in [-0.1, -0.05) is 67.9 Å². The predicted octanol–water partition coefficient (Wildman–Crippen LogP) is 6.56. The molecule has 0 fully saturated rings.